The number of rotatable bonds is 38. The van der Waals surface area contributed by atoms with Gasteiger partial charge in [0.15, 0.2) is 6.10 Å². The zero-order chi connectivity index (χ0) is 37.7. The zero-order valence-electron chi connectivity index (χ0n) is 33.3. The van der Waals surface area contributed by atoms with Crippen LogP contribution < -0.4 is 0 Å². The largest absolute Gasteiger partial charge is 0.472 e. The molecule has 2 unspecified atom stereocenters. The Balaban J connectivity index is 4.34. The molecule has 51 heavy (non-hydrogen) atoms. The first kappa shape index (κ1) is 49.5. The molecule has 9 nitrogen and oxygen atoms in total. The van der Waals surface area contributed by atoms with Gasteiger partial charge < -0.3 is 19.3 Å². The van der Waals surface area contributed by atoms with Gasteiger partial charge in [-0.15, -0.1) is 0 Å². The SMILES string of the molecule is CCCCCC/C=C\CCCCCCCCCC(=O)OC(COC(=O)CCCCCCC/C=C\CCCCCC)COP(=O)(O)OCCN(C)C. The minimum absolute atomic E-state index is 0.00624. The average molecular weight is 744 g/mol. The van der Waals surface area contributed by atoms with Crippen molar-refractivity contribution in [2.75, 3.05) is 40.5 Å². The van der Waals surface area contributed by atoms with Crippen molar-refractivity contribution >= 4 is 19.8 Å². The summed E-state index contributed by atoms with van der Waals surface area (Å²) < 4.78 is 33.4. The molecule has 0 spiro atoms. The summed E-state index contributed by atoms with van der Waals surface area (Å²) in [4.78, 5) is 36.9. The summed E-state index contributed by atoms with van der Waals surface area (Å²) >= 11 is 0. The third-order valence-corrected chi connectivity index (χ3v) is 9.71. The Morgan fingerprint density at radius 2 is 1.00 bits per heavy atom. The molecular weight excluding hydrogens is 665 g/mol. The molecule has 1 N–H and O–H groups in total. The van der Waals surface area contributed by atoms with Gasteiger partial charge in [0.2, 0.25) is 0 Å². The lowest BCUT2D eigenvalue weighted by Gasteiger charge is -2.20. The molecule has 0 aromatic rings. The van der Waals surface area contributed by atoms with Gasteiger partial charge in [-0.2, -0.15) is 0 Å². The summed E-state index contributed by atoms with van der Waals surface area (Å²) in [5.41, 5.74) is 0. The number of allylic oxidation sites excluding steroid dienone is 4. The summed E-state index contributed by atoms with van der Waals surface area (Å²) in [6.45, 7) is 4.28. The van der Waals surface area contributed by atoms with E-state index in [0.29, 0.717) is 13.0 Å². The van der Waals surface area contributed by atoms with Crippen LogP contribution in [-0.2, 0) is 32.7 Å². The molecule has 0 aliphatic carbocycles. The first-order chi connectivity index (χ1) is 24.7. The lowest BCUT2D eigenvalue weighted by Crippen LogP contribution is -2.29. The number of unbranched alkanes of at least 4 members (excludes halogenated alkanes) is 20. The maximum Gasteiger partial charge on any atom is 0.472 e. The molecule has 0 aromatic carbocycles. The van der Waals surface area contributed by atoms with Crippen molar-refractivity contribution in [3.8, 4) is 0 Å². The fourth-order valence-corrected chi connectivity index (χ4v) is 6.24. The molecule has 0 heterocycles. The van der Waals surface area contributed by atoms with Gasteiger partial charge in [-0.25, -0.2) is 4.57 Å². The van der Waals surface area contributed by atoms with Gasteiger partial charge in [-0.05, 0) is 78.3 Å². The highest BCUT2D eigenvalue weighted by atomic mass is 31.2. The van der Waals surface area contributed by atoms with Gasteiger partial charge in [-0.3, -0.25) is 18.6 Å². The third kappa shape index (κ3) is 38.0. The molecule has 0 amide bonds. The Kier molecular flexibility index (Phi) is 35.7. The summed E-state index contributed by atoms with van der Waals surface area (Å²) in [7, 11) is -0.713. The Bertz CT molecular complexity index is 910. The fraction of sp³-hybridized carbons (Fsp3) is 0.854. The quantitative estimate of drug-likeness (QED) is 0.0286. The maximum atomic E-state index is 12.6. The number of ether oxygens (including phenoxy) is 2. The number of phosphoric ester groups is 1. The Labute approximate surface area is 313 Å². The Morgan fingerprint density at radius 1 is 0.588 bits per heavy atom. The number of phosphoric acid groups is 1. The van der Waals surface area contributed by atoms with Crippen molar-refractivity contribution < 1.29 is 37.6 Å². The number of carbonyl (C=O) groups is 2. The molecule has 2 atom stereocenters. The third-order valence-electron chi connectivity index (χ3n) is 8.73. The van der Waals surface area contributed by atoms with Crippen LogP contribution >= 0.6 is 7.82 Å². The minimum atomic E-state index is -4.36. The first-order valence-corrected chi connectivity index (χ1v) is 22.1. The van der Waals surface area contributed by atoms with Crippen LogP contribution in [0.1, 0.15) is 181 Å². The molecule has 0 radical (unpaired) electrons. The highest BCUT2D eigenvalue weighted by Gasteiger charge is 2.26. The number of likely N-dealkylation sites (N-methyl/N-ethyl adjacent to an activating group) is 1. The molecular formula is C41H78NO8P. The van der Waals surface area contributed by atoms with Crippen molar-refractivity contribution in [3.05, 3.63) is 24.3 Å². The summed E-state index contributed by atoms with van der Waals surface area (Å²) in [6.07, 6.45) is 36.4. The number of nitrogens with zero attached hydrogens (tertiary/aromatic N) is 1. The van der Waals surface area contributed by atoms with Crippen LogP contribution in [-0.4, -0.2) is 68.3 Å². The van der Waals surface area contributed by atoms with Gasteiger partial charge in [0.05, 0.1) is 13.2 Å². The lowest BCUT2D eigenvalue weighted by molar-refractivity contribution is -0.161. The van der Waals surface area contributed by atoms with Gasteiger partial charge in [0.1, 0.15) is 6.61 Å². The van der Waals surface area contributed by atoms with Crippen LogP contribution in [0.5, 0.6) is 0 Å². The normalized spacial score (nSPS) is 13.7. The topological polar surface area (TPSA) is 112 Å². The van der Waals surface area contributed by atoms with Gasteiger partial charge in [0.25, 0.3) is 0 Å². The van der Waals surface area contributed by atoms with Crippen LogP contribution in [0.25, 0.3) is 0 Å². The number of esters is 2. The predicted molar refractivity (Wildman–Crippen MR) is 211 cm³/mol. The second kappa shape index (κ2) is 36.8. The summed E-state index contributed by atoms with van der Waals surface area (Å²) in [5, 5.41) is 0. The smallest absolute Gasteiger partial charge is 0.462 e. The van der Waals surface area contributed by atoms with Crippen LogP contribution in [0, 0.1) is 0 Å². The molecule has 0 bridgehead atoms. The molecule has 0 aliphatic rings. The highest BCUT2D eigenvalue weighted by molar-refractivity contribution is 7.47. The first-order valence-electron chi connectivity index (χ1n) is 20.6. The van der Waals surface area contributed by atoms with Gasteiger partial charge >= 0.3 is 19.8 Å². The number of hydrogen-bond acceptors (Lipinski definition) is 8. The standard InChI is InChI=1S/C41H78NO8P/c1-5-7-9-11-13-15-17-19-20-22-24-26-28-30-32-34-41(44)50-39(38-49-51(45,46)48-36-35-42(3)4)37-47-40(43)33-31-29-27-25-23-21-18-16-14-12-10-8-6-2/h15-18,39H,5-14,19-38H2,1-4H3,(H,45,46)/b17-15-,18-16-. The number of hydrogen-bond donors (Lipinski definition) is 1. The molecule has 0 aliphatic heterocycles. The van der Waals surface area contributed by atoms with Crippen LogP contribution in [0.3, 0.4) is 0 Å². The molecule has 0 saturated heterocycles. The van der Waals surface area contributed by atoms with E-state index in [4.69, 9.17) is 18.5 Å². The van der Waals surface area contributed by atoms with Crippen molar-refractivity contribution in [2.45, 2.75) is 187 Å². The molecule has 0 saturated carbocycles. The van der Waals surface area contributed by atoms with E-state index in [-0.39, 0.29) is 32.0 Å². The van der Waals surface area contributed by atoms with E-state index in [1.807, 2.05) is 19.0 Å². The van der Waals surface area contributed by atoms with E-state index in [9.17, 15) is 19.0 Å². The van der Waals surface area contributed by atoms with Crippen LogP contribution in [0.4, 0.5) is 0 Å². The van der Waals surface area contributed by atoms with E-state index in [1.165, 1.54) is 83.5 Å². The van der Waals surface area contributed by atoms with Crippen LogP contribution in [0.15, 0.2) is 24.3 Å². The Morgan fingerprint density at radius 3 is 1.45 bits per heavy atom. The monoisotopic (exact) mass is 744 g/mol. The second-order valence-corrected chi connectivity index (χ2v) is 15.6. The van der Waals surface area contributed by atoms with Crippen molar-refractivity contribution in [3.63, 3.8) is 0 Å². The minimum Gasteiger partial charge on any atom is -0.462 e. The summed E-state index contributed by atoms with van der Waals surface area (Å²) in [5.74, 6) is -0.816. The molecule has 0 rings (SSSR count). The second-order valence-electron chi connectivity index (χ2n) is 14.2. The van der Waals surface area contributed by atoms with Crippen molar-refractivity contribution in [2.24, 2.45) is 0 Å². The molecule has 0 aromatic heterocycles. The Hall–Kier alpha value is -1.51. The summed E-state index contributed by atoms with van der Waals surface area (Å²) in [6, 6.07) is 0. The average Bonchev–Trinajstić information content (AvgIpc) is 3.09. The molecule has 10 heteroatoms. The molecule has 0 fully saturated rings. The predicted octanol–water partition coefficient (Wildman–Crippen LogP) is 11.4. The number of carbonyl (C=O) groups excluding carboxylic acids is 2. The lowest BCUT2D eigenvalue weighted by atomic mass is 10.1. The van der Waals surface area contributed by atoms with E-state index in [2.05, 4.69) is 38.2 Å². The van der Waals surface area contributed by atoms with Gasteiger partial charge in [-0.1, -0.05) is 128 Å². The van der Waals surface area contributed by atoms with Gasteiger partial charge in [0, 0.05) is 19.4 Å². The van der Waals surface area contributed by atoms with Crippen molar-refractivity contribution in [1.29, 1.82) is 0 Å². The van der Waals surface area contributed by atoms with E-state index >= 15 is 0 Å². The van der Waals surface area contributed by atoms with Crippen molar-refractivity contribution in [1.82, 2.24) is 4.90 Å². The van der Waals surface area contributed by atoms with E-state index in [1.54, 1.807) is 0 Å². The zero-order valence-corrected chi connectivity index (χ0v) is 34.2. The highest BCUT2D eigenvalue weighted by Crippen LogP contribution is 2.43. The van der Waals surface area contributed by atoms with E-state index in [0.717, 1.165) is 64.2 Å². The van der Waals surface area contributed by atoms with Crippen LogP contribution in [0.2, 0.25) is 0 Å². The van der Waals surface area contributed by atoms with E-state index < -0.39 is 26.5 Å². The maximum absolute atomic E-state index is 12.6. The fourth-order valence-electron chi connectivity index (χ4n) is 5.50. The molecule has 300 valence electrons.